The monoisotopic (exact) mass is 267 g/mol. The average molecular weight is 267 g/mol. The zero-order chi connectivity index (χ0) is 13.8. The molecule has 0 amide bonds. The lowest BCUT2D eigenvalue weighted by Gasteiger charge is -1.99. The topological polar surface area (TPSA) is 47.9 Å². The van der Waals surface area contributed by atoms with Crippen LogP contribution in [-0.2, 0) is 11.3 Å². The van der Waals surface area contributed by atoms with Crippen LogP contribution in [0, 0.1) is 0 Å². The second kappa shape index (κ2) is 5.57. The number of benzene rings is 2. The van der Waals surface area contributed by atoms with Crippen molar-refractivity contribution < 1.29 is 14.4 Å². The van der Waals surface area contributed by atoms with E-state index < -0.39 is 5.97 Å². The lowest BCUT2D eigenvalue weighted by molar-refractivity contribution is 0.0519. The number of oxime groups is 1. The van der Waals surface area contributed by atoms with Crippen LogP contribution in [0.5, 0.6) is 5.75 Å². The van der Waals surface area contributed by atoms with E-state index in [4.69, 9.17) is 9.57 Å². The molecule has 0 atom stereocenters. The Labute approximate surface area is 116 Å². The highest BCUT2D eigenvalue weighted by molar-refractivity contribution is 5.90. The highest BCUT2D eigenvalue weighted by Crippen LogP contribution is 2.25. The molecule has 0 aromatic heterocycles. The van der Waals surface area contributed by atoms with Gasteiger partial charge in [-0.25, -0.2) is 4.79 Å². The first-order valence-electron chi connectivity index (χ1n) is 6.38. The summed E-state index contributed by atoms with van der Waals surface area (Å²) in [6, 6.07) is 14.5. The Balaban J connectivity index is 1.65. The first-order valence-corrected chi connectivity index (χ1v) is 6.38. The quantitative estimate of drug-likeness (QED) is 0.488. The summed E-state index contributed by atoms with van der Waals surface area (Å²) in [5.74, 6) is 0.453. The van der Waals surface area contributed by atoms with Crippen molar-refractivity contribution in [2.75, 3.05) is 6.61 Å². The Morgan fingerprint density at radius 3 is 2.90 bits per heavy atom. The van der Waals surface area contributed by atoms with Crippen molar-refractivity contribution in [2.45, 2.75) is 6.42 Å². The summed E-state index contributed by atoms with van der Waals surface area (Å²) >= 11 is 0. The number of carbonyl (C=O) groups excluding carboxylic acids is 1. The Morgan fingerprint density at radius 1 is 1.20 bits per heavy atom. The molecule has 0 spiro atoms. The number of fused-ring (bicyclic) bond motifs is 1. The normalized spacial score (nSPS) is 13.0. The maximum atomic E-state index is 11.7. The minimum absolute atomic E-state index is 0.466. The van der Waals surface area contributed by atoms with E-state index in [2.05, 4.69) is 5.16 Å². The summed E-state index contributed by atoms with van der Waals surface area (Å²) in [7, 11) is 0. The summed E-state index contributed by atoms with van der Waals surface area (Å²) in [5.41, 5.74) is 2.52. The number of ether oxygens (including phenoxy) is 1. The van der Waals surface area contributed by atoms with E-state index in [1.54, 1.807) is 24.3 Å². The third kappa shape index (κ3) is 2.69. The Morgan fingerprint density at radius 2 is 2.05 bits per heavy atom. The lowest BCUT2D eigenvalue weighted by atomic mass is 10.1. The zero-order valence-electron chi connectivity index (χ0n) is 10.8. The molecule has 0 aliphatic carbocycles. The van der Waals surface area contributed by atoms with Crippen molar-refractivity contribution >= 4 is 12.2 Å². The van der Waals surface area contributed by atoms with Crippen LogP contribution in [0.25, 0.3) is 0 Å². The second-order valence-electron chi connectivity index (χ2n) is 4.44. The van der Waals surface area contributed by atoms with Crippen LogP contribution in [0.2, 0.25) is 0 Å². The minimum Gasteiger partial charge on any atom is -0.493 e. The van der Waals surface area contributed by atoms with Gasteiger partial charge in [0.05, 0.1) is 18.4 Å². The van der Waals surface area contributed by atoms with Gasteiger partial charge in [0.2, 0.25) is 0 Å². The van der Waals surface area contributed by atoms with E-state index in [1.807, 2.05) is 24.3 Å². The molecule has 20 heavy (non-hydrogen) atoms. The van der Waals surface area contributed by atoms with Gasteiger partial charge in [0.1, 0.15) is 5.75 Å². The van der Waals surface area contributed by atoms with Crippen molar-refractivity contribution in [3.8, 4) is 5.75 Å². The Hall–Kier alpha value is -2.62. The van der Waals surface area contributed by atoms with Crippen molar-refractivity contribution in [1.82, 2.24) is 0 Å². The largest absolute Gasteiger partial charge is 0.493 e. The third-order valence-electron chi connectivity index (χ3n) is 3.06. The third-order valence-corrected chi connectivity index (χ3v) is 3.06. The highest BCUT2D eigenvalue weighted by Gasteiger charge is 2.11. The van der Waals surface area contributed by atoms with Crippen molar-refractivity contribution in [1.29, 1.82) is 0 Å². The van der Waals surface area contributed by atoms with E-state index in [0.717, 1.165) is 29.9 Å². The number of nitrogens with zero attached hydrogens (tertiary/aromatic N) is 1. The van der Waals surface area contributed by atoms with Gasteiger partial charge in [0.25, 0.3) is 0 Å². The van der Waals surface area contributed by atoms with Crippen molar-refractivity contribution in [2.24, 2.45) is 5.16 Å². The SMILES string of the molecule is O=C(O/N=C\c1ccc2c(c1)CCO2)c1ccccc1. The van der Waals surface area contributed by atoms with Gasteiger partial charge < -0.3 is 9.57 Å². The van der Waals surface area contributed by atoms with Gasteiger partial charge in [-0.3, -0.25) is 0 Å². The molecule has 3 rings (SSSR count). The molecular formula is C16H13NO3. The van der Waals surface area contributed by atoms with E-state index in [1.165, 1.54) is 6.21 Å². The molecule has 0 saturated heterocycles. The molecule has 0 unspecified atom stereocenters. The van der Waals surface area contributed by atoms with Crippen LogP contribution in [0.4, 0.5) is 0 Å². The molecular weight excluding hydrogens is 254 g/mol. The van der Waals surface area contributed by atoms with E-state index in [0.29, 0.717) is 5.56 Å². The molecule has 2 aromatic carbocycles. The van der Waals surface area contributed by atoms with Crippen LogP contribution in [0.3, 0.4) is 0 Å². The fraction of sp³-hybridized carbons (Fsp3) is 0.125. The molecule has 0 saturated carbocycles. The smallest absolute Gasteiger partial charge is 0.365 e. The average Bonchev–Trinajstić information content (AvgIpc) is 2.95. The number of rotatable bonds is 3. The van der Waals surface area contributed by atoms with Gasteiger partial charge in [0.15, 0.2) is 0 Å². The molecule has 2 aromatic rings. The molecule has 0 fully saturated rings. The lowest BCUT2D eigenvalue weighted by Crippen LogP contribution is -2.00. The maximum Gasteiger partial charge on any atom is 0.365 e. The fourth-order valence-electron chi connectivity index (χ4n) is 2.05. The van der Waals surface area contributed by atoms with E-state index in [9.17, 15) is 4.79 Å². The molecule has 4 nitrogen and oxygen atoms in total. The number of hydrogen-bond donors (Lipinski definition) is 0. The maximum absolute atomic E-state index is 11.7. The Bertz CT molecular complexity index is 650. The fourth-order valence-corrected chi connectivity index (χ4v) is 2.05. The zero-order valence-corrected chi connectivity index (χ0v) is 10.8. The minimum atomic E-state index is -0.466. The second-order valence-corrected chi connectivity index (χ2v) is 4.44. The first-order chi connectivity index (χ1) is 9.83. The molecule has 100 valence electrons. The van der Waals surface area contributed by atoms with Gasteiger partial charge in [-0.15, -0.1) is 0 Å². The van der Waals surface area contributed by atoms with Gasteiger partial charge in [-0.05, 0) is 41.5 Å². The molecule has 1 heterocycles. The highest BCUT2D eigenvalue weighted by atomic mass is 16.7. The van der Waals surface area contributed by atoms with Gasteiger partial charge in [-0.1, -0.05) is 23.4 Å². The molecule has 0 bridgehead atoms. The van der Waals surface area contributed by atoms with Crippen LogP contribution in [0.15, 0.2) is 53.7 Å². The summed E-state index contributed by atoms with van der Waals surface area (Å²) in [6.07, 6.45) is 2.43. The molecule has 0 N–H and O–H groups in total. The molecule has 0 radical (unpaired) electrons. The van der Waals surface area contributed by atoms with Crippen LogP contribution >= 0.6 is 0 Å². The van der Waals surface area contributed by atoms with Crippen LogP contribution in [-0.4, -0.2) is 18.8 Å². The standard InChI is InChI=1S/C16H13NO3/c18-16(13-4-2-1-3-5-13)20-17-11-12-6-7-15-14(10-12)8-9-19-15/h1-7,10-11H,8-9H2/b17-11-. The summed E-state index contributed by atoms with van der Waals surface area (Å²) in [5, 5.41) is 3.73. The van der Waals surface area contributed by atoms with E-state index >= 15 is 0 Å². The number of hydrogen-bond acceptors (Lipinski definition) is 4. The molecule has 1 aliphatic rings. The van der Waals surface area contributed by atoms with Gasteiger partial charge in [-0.2, -0.15) is 0 Å². The predicted molar refractivity (Wildman–Crippen MR) is 75.1 cm³/mol. The van der Waals surface area contributed by atoms with Crippen LogP contribution in [0.1, 0.15) is 21.5 Å². The predicted octanol–water partition coefficient (Wildman–Crippen LogP) is 2.81. The van der Waals surface area contributed by atoms with Crippen molar-refractivity contribution in [3.63, 3.8) is 0 Å². The van der Waals surface area contributed by atoms with Crippen LogP contribution < -0.4 is 4.74 Å². The summed E-state index contributed by atoms with van der Waals surface area (Å²) in [6.45, 7) is 0.721. The first kappa shape index (κ1) is 12.4. The molecule has 1 aliphatic heterocycles. The van der Waals surface area contributed by atoms with Gasteiger partial charge >= 0.3 is 5.97 Å². The van der Waals surface area contributed by atoms with Gasteiger partial charge in [0, 0.05) is 6.42 Å². The van der Waals surface area contributed by atoms with Crippen molar-refractivity contribution in [3.05, 3.63) is 65.2 Å². The van der Waals surface area contributed by atoms with E-state index in [-0.39, 0.29) is 0 Å². The summed E-state index contributed by atoms with van der Waals surface area (Å²) < 4.78 is 5.42. The molecule has 4 heteroatoms. The number of carbonyl (C=O) groups is 1. The summed E-state index contributed by atoms with van der Waals surface area (Å²) in [4.78, 5) is 16.5. The Kier molecular flexibility index (Phi) is 3.46.